The van der Waals surface area contributed by atoms with E-state index in [1.54, 1.807) is 48.5 Å². The summed E-state index contributed by atoms with van der Waals surface area (Å²) in [5.74, 6) is -0.858. The van der Waals surface area contributed by atoms with E-state index in [2.05, 4.69) is 5.32 Å². The number of carbonyl (C=O) groups excluding carboxylic acids is 2. The zero-order valence-electron chi connectivity index (χ0n) is 24.0. The van der Waals surface area contributed by atoms with Gasteiger partial charge in [0.05, 0.1) is 10.6 Å². The molecule has 0 aliphatic rings. The number of amides is 2. The van der Waals surface area contributed by atoms with Gasteiger partial charge in [0.15, 0.2) is 0 Å². The molecule has 1 N–H and O–H groups in total. The van der Waals surface area contributed by atoms with Crippen LogP contribution >= 0.6 is 23.2 Å². The van der Waals surface area contributed by atoms with Gasteiger partial charge in [-0.3, -0.25) is 13.9 Å². The summed E-state index contributed by atoms with van der Waals surface area (Å²) < 4.78 is 29.0. The second-order valence-electron chi connectivity index (χ2n) is 10.2. The largest absolute Gasteiger partial charge is 0.352 e. The lowest BCUT2D eigenvalue weighted by Crippen LogP contribution is -2.53. The highest BCUT2D eigenvalue weighted by molar-refractivity contribution is 7.92. The van der Waals surface area contributed by atoms with E-state index >= 15 is 0 Å². The number of hydrogen-bond donors (Lipinski definition) is 1. The molecule has 2 amide bonds. The van der Waals surface area contributed by atoms with Crippen molar-refractivity contribution in [2.75, 3.05) is 10.8 Å². The topological polar surface area (TPSA) is 86.8 Å². The molecule has 0 aliphatic carbocycles. The normalized spacial score (nSPS) is 12.9. The maximum absolute atomic E-state index is 14.2. The molecule has 0 fully saturated rings. The summed E-state index contributed by atoms with van der Waals surface area (Å²) >= 11 is 12.6. The second-order valence-corrected chi connectivity index (χ2v) is 12.9. The Balaban J connectivity index is 2.08. The monoisotopic (exact) mass is 617 g/mol. The highest BCUT2D eigenvalue weighted by Gasteiger charge is 2.34. The van der Waals surface area contributed by atoms with Gasteiger partial charge in [-0.15, -0.1) is 0 Å². The van der Waals surface area contributed by atoms with E-state index < -0.39 is 28.5 Å². The fraction of sp³-hybridized carbons (Fsp3) is 0.355. The SMILES string of the molecule is CCC(C)NC(=O)C(CC)N(Cc1ccc(Cl)cc1Cl)C(=O)CN(c1cccc(C)c1)S(=O)(=O)c1ccc(C)cc1. The van der Waals surface area contributed by atoms with Crippen LogP contribution in [-0.2, 0) is 26.2 Å². The van der Waals surface area contributed by atoms with E-state index in [9.17, 15) is 18.0 Å². The zero-order chi connectivity index (χ0) is 30.3. The Kier molecular flexibility index (Phi) is 11.2. The number of anilines is 1. The minimum Gasteiger partial charge on any atom is -0.352 e. The van der Waals surface area contributed by atoms with Crippen LogP contribution < -0.4 is 9.62 Å². The van der Waals surface area contributed by atoms with Crippen LogP contribution in [0.3, 0.4) is 0 Å². The molecular formula is C31H37Cl2N3O4S. The Morgan fingerprint density at radius 3 is 2.17 bits per heavy atom. The minimum absolute atomic E-state index is 0.00644. The number of hydrogen-bond acceptors (Lipinski definition) is 4. The van der Waals surface area contributed by atoms with Crippen molar-refractivity contribution in [3.63, 3.8) is 0 Å². The third-order valence-electron chi connectivity index (χ3n) is 6.92. The third-order valence-corrected chi connectivity index (χ3v) is 9.30. The molecule has 2 atom stereocenters. The highest BCUT2D eigenvalue weighted by atomic mass is 35.5. The van der Waals surface area contributed by atoms with E-state index in [-0.39, 0.29) is 23.4 Å². The van der Waals surface area contributed by atoms with Crippen LogP contribution in [0.2, 0.25) is 10.0 Å². The van der Waals surface area contributed by atoms with Gasteiger partial charge in [0, 0.05) is 22.6 Å². The highest BCUT2D eigenvalue weighted by Crippen LogP contribution is 2.27. The molecule has 3 aromatic rings. The number of rotatable bonds is 12. The van der Waals surface area contributed by atoms with Gasteiger partial charge in [-0.2, -0.15) is 0 Å². The summed E-state index contributed by atoms with van der Waals surface area (Å²) in [6, 6.07) is 17.4. The molecule has 0 spiro atoms. The van der Waals surface area contributed by atoms with E-state index in [1.165, 1.54) is 17.0 Å². The number of sulfonamides is 1. The lowest BCUT2D eigenvalue weighted by atomic mass is 10.1. The van der Waals surface area contributed by atoms with Crippen LogP contribution in [0.15, 0.2) is 71.6 Å². The molecule has 0 heterocycles. The quantitative estimate of drug-likeness (QED) is 0.250. The Morgan fingerprint density at radius 2 is 1.59 bits per heavy atom. The first kappa shape index (κ1) is 32.4. The minimum atomic E-state index is -4.14. The molecule has 220 valence electrons. The fourth-order valence-electron chi connectivity index (χ4n) is 4.34. The number of nitrogens with one attached hydrogen (secondary N) is 1. The Bertz CT molecular complexity index is 1480. The van der Waals surface area contributed by atoms with Gasteiger partial charge >= 0.3 is 0 Å². The molecule has 0 bridgehead atoms. The molecule has 3 rings (SSSR count). The number of aryl methyl sites for hydroxylation is 2. The summed E-state index contributed by atoms with van der Waals surface area (Å²) in [6.45, 7) is 8.85. The van der Waals surface area contributed by atoms with E-state index in [0.29, 0.717) is 27.7 Å². The smallest absolute Gasteiger partial charge is 0.264 e. The molecule has 41 heavy (non-hydrogen) atoms. The molecule has 2 unspecified atom stereocenters. The van der Waals surface area contributed by atoms with Crippen molar-refractivity contribution in [3.8, 4) is 0 Å². The van der Waals surface area contributed by atoms with E-state index in [1.807, 2.05) is 40.7 Å². The van der Waals surface area contributed by atoms with Crippen LogP contribution in [0, 0.1) is 13.8 Å². The van der Waals surface area contributed by atoms with E-state index in [4.69, 9.17) is 23.2 Å². The number of nitrogens with zero attached hydrogens (tertiary/aromatic N) is 2. The first-order valence-electron chi connectivity index (χ1n) is 13.6. The van der Waals surface area contributed by atoms with Crippen LogP contribution in [0.1, 0.15) is 50.3 Å². The van der Waals surface area contributed by atoms with Gasteiger partial charge in [0.2, 0.25) is 11.8 Å². The summed E-state index contributed by atoms with van der Waals surface area (Å²) in [4.78, 5) is 29.0. The molecule has 0 aliphatic heterocycles. The molecule has 7 nitrogen and oxygen atoms in total. The lowest BCUT2D eigenvalue weighted by Gasteiger charge is -2.34. The van der Waals surface area contributed by atoms with Crippen molar-refractivity contribution in [2.24, 2.45) is 0 Å². The predicted molar refractivity (Wildman–Crippen MR) is 166 cm³/mol. The van der Waals surface area contributed by atoms with Crippen LogP contribution in [0.5, 0.6) is 0 Å². The Hall–Kier alpha value is -3.07. The third kappa shape index (κ3) is 8.24. The lowest BCUT2D eigenvalue weighted by molar-refractivity contribution is -0.140. The summed E-state index contributed by atoms with van der Waals surface area (Å²) in [5.41, 5.74) is 2.68. The number of carbonyl (C=O) groups is 2. The Morgan fingerprint density at radius 1 is 0.902 bits per heavy atom. The molecule has 3 aromatic carbocycles. The van der Waals surface area contributed by atoms with Gasteiger partial charge in [0.1, 0.15) is 12.6 Å². The average molecular weight is 619 g/mol. The van der Waals surface area contributed by atoms with Gasteiger partial charge < -0.3 is 10.2 Å². The second kappa shape index (κ2) is 14.2. The molecular weight excluding hydrogens is 581 g/mol. The van der Waals surface area contributed by atoms with Crippen molar-refractivity contribution in [1.29, 1.82) is 0 Å². The van der Waals surface area contributed by atoms with Gasteiger partial charge in [0.25, 0.3) is 10.0 Å². The van der Waals surface area contributed by atoms with Crippen LogP contribution in [0.25, 0.3) is 0 Å². The maximum Gasteiger partial charge on any atom is 0.264 e. The molecule has 0 saturated carbocycles. The maximum atomic E-state index is 14.2. The predicted octanol–water partition coefficient (Wildman–Crippen LogP) is 6.53. The first-order valence-corrected chi connectivity index (χ1v) is 15.8. The zero-order valence-corrected chi connectivity index (χ0v) is 26.4. The molecule has 0 aromatic heterocycles. The van der Waals surface area contributed by atoms with Crippen molar-refractivity contribution in [3.05, 3.63) is 93.5 Å². The summed E-state index contributed by atoms with van der Waals surface area (Å²) in [6.07, 6.45) is 1.03. The van der Waals surface area contributed by atoms with Gasteiger partial charge in [-0.05, 0) is 81.1 Å². The summed E-state index contributed by atoms with van der Waals surface area (Å²) in [7, 11) is -4.14. The molecule has 10 heteroatoms. The number of halogens is 2. The summed E-state index contributed by atoms with van der Waals surface area (Å²) in [5, 5.41) is 3.74. The molecule has 0 radical (unpaired) electrons. The van der Waals surface area contributed by atoms with Crippen molar-refractivity contribution in [2.45, 2.75) is 71.0 Å². The van der Waals surface area contributed by atoms with E-state index in [0.717, 1.165) is 21.9 Å². The number of benzene rings is 3. The van der Waals surface area contributed by atoms with Crippen LogP contribution in [0.4, 0.5) is 5.69 Å². The van der Waals surface area contributed by atoms with Crippen molar-refractivity contribution in [1.82, 2.24) is 10.2 Å². The standard InChI is InChI=1S/C31H37Cl2N3O4S/c1-6-23(5)34-31(38)29(7-2)35(19-24-13-14-25(32)18-28(24)33)30(37)20-36(26-10-8-9-22(4)17-26)41(39,40)27-15-11-21(3)12-16-27/h8-18,23,29H,6-7,19-20H2,1-5H3,(H,34,38). The van der Waals surface area contributed by atoms with Crippen LogP contribution in [-0.4, -0.2) is 43.8 Å². The van der Waals surface area contributed by atoms with Gasteiger partial charge in [-0.1, -0.05) is 72.9 Å². The average Bonchev–Trinajstić information content (AvgIpc) is 2.92. The molecule has 0 saturated heterocycles. The van der Waals surface area contributed by atoms with Crippen molar-refractivity contribution < 1.29 is 18.0 Å². The van der Waals surface area contributed by atoms with Crippen molar-refractivity contribution >= 4 is 50.7 Å². The Labute approximate surface area is 253 Å². The first-order chi connectivity index (χ1) is 19.4. The fourth-order valence-corrected chi connectivity index (χ4v) is 6.22. The van der Waals surface area contributed by atoms with Gasteiger partial charge in [-0.25, -0.2) is 8.42 Å².